The molecule has 1 fully saturated rings. The Morgan fingerprint density at radius 2 is 1.91 bits per heavy atom. The zero-order valence-electron chi connectivity index (χ0n) is 19.1. The highest BCUT2D eigenvalue weighted by Gasteiger charge is 2.41. The summed E-state index contributed by atoms with van der Waals surface area (Å²) in [6.07, 6.45) is 3.05. The summed E-state index contributed by atoms with van der Waals surface area (Å²) in [5.74, 6) is 0.562. The predicted molar refractivity (Wildman–Crippen MR) is 126 cm³/mol. The number of ether oxygens (including phenoxy) is 1. The molecule has 2 amide bonds. The van der Waals surface area contributed by atoms with E-state index in [1.54, 1.807) is 31.4 Å². The van der Waals surface area contributed by atoms with Gasteiger partial charge in [0.15, 0.2) is 5.78 Å². The lowest BCUT2D eigenvalue weighted by Gasteiger charge is -2.16. The van der Waals surface area contributed by atoms with Crippen LogP contribution < -0.4 is 9.64 Å². The number of amides is 2. The van der Waals surface area contributed by atoms with Gasteiger partial charge in [0.1, 0.15) is 10.8 Å². The molecule has 0 bridgehead atoms. The average molecular weight is 455 g/mol. The number of methoxy groups -OCH3 is 1. The van der Waals surface area contributed by atoms with Gasteiger partial charge in [-0.2, -0.15) is 0 Å². The first-order chi connectivity index (χ1) is 15.3. The van der Waals surface area contributed by atoms with Crippen LogP contribution in [0, 0.1) is 5.92 Å². The molecule has 7 heteroatoms. The molecule has 0 radical (unpaired) electrons. The quantitative estimate of drug-likeness (QED) is 0.368. The number of Topliss-reactive ketones (excluding diaryl/α,β-unsaturated/α-hetero) is 1. The Balaban J connectivity index is 1.86. The highest BCUT2D eigenvalue weighted by molar-refractivity contribution is 8.00. The molecule has 3 rings (SSSR count). The molecule has 0 aliphatic carbocycles. The topological polar surface area (TPSA) is 76.6 Å². The fraction of sp³-hybridized carbons (Fsp3) is 0.440. The van der Waals surface area contributed by atoms with Crippen LogP contribution in [0.2, 0.25) is 0 Å². The van der Waals surface area contributed by atoms with Crippen LogP contribution in [0.25, 0.3) is 0 Å². The zero-order chi connectivity index (χ0) is 23.3. The largest absolute Gasteiger partial charge is 0.497 e. The maximum Gasteiger partial charge on any atom is 0.247 e. The molecule has 32 heavy (non-hydrogen) atoms. The molecule has 0 spiro atoms. The van der Waals surface area contributed by atoms with Crippen molar-refractivity contribution in [1.29, 1.82) is 0 Å². The number of carbonyl (C=O) groups excluding carboxylic acids is 3. The number of carbonyl (C=O) groups is 3. The third-order valence-electron chi connectivity index (χ3n) is 5.28. The number of thioether (sulfide) groups is 1. The van der Waals surface area contributed by atoms with Gasteiger partial charge in [0, 0.05) is 24.1 Å². The molecule has 6 nitrogen and oxygen atoms in total. The van der Waals surface area contributed by atoms with Crippen molar-refractivity contribution in [3.8, 4) is 5.75 Å². The lowest BCUT2D eigenvalue weighted by molar-refractivity contribution is -0.121. The first kappa shape index (κ1) is 24.0. The van der Waals surface area contributed by atoms with Gasteiger partial charge in [0.05, 0.1) is 18.0 Å². The molecule has 2 aromatic rings. The lowest BCUT2D eigenvalue weighted by atomic mass is 10.0. The molecule has 0 unspecified atom stereocenters. The van der Waals surface area contributed by atoms with Gasteiger partial charge in [-0.15, -0.1) is 0 Å². The van der Waals surface area contributed by atoms with Crippen LogP contribution in [0.15, 0.2) is 41.4 Å². The first-order valence-electron chi connectivity index (χ1n) is 11.0. The standard InChI is InChI=1S/C25H30N2O4S/c1-5-6-7-21(28)20-13-8-17(14-16(2)3)26-24(20)32-22-15-23(29)27(25(22)30)18-9-11-19(31-4)12-10-18/h8-13,16,22H,5-7,14-15H2,1-4H3/t22-/m1/s1. The molecule has 1 aromatic heterocycles. The van der Waals surface area contributed by atoms with Crippen molar-refractivity contribution >= 4 is 35.0 Å². The summed E-state index contributed by atoms with van der Waals surface area (Å²) >= 11 is 1.23. The van der Waals surface area contributed by atoms with Crippen LogP contribution in [0.3, 0.4) is 0 Å². The summed E-state index contributed by atoms with van der Waals surface area (Å²) in [5.41, 5.74) is 1.95. The van der Waals surface area contributed by atoms with E-state index in [0.29, 0.717) is 34.4 Å². The van der Waals surface area contributed by atoms with Gasteiger partial charge in [-0.05, 0) is 55.2 Å². The average Bonchev–Trinajstić information content (AvgIpc) is 3.04. The fourth-order valence-electron chi connectivity index (χ4n) is 3.62. The monoisotopic (exact) mass is 454 g/mol. The zero-order valence-corrected chi connectivity index (χ0v) is 19.9. The molecule has 1 aromatic carbocycles. The number of ketones is 1. The SMILES string of the molecule is CCCCC(=O)c1ccc(CC(C)C)nc1S[C@@H]1CC(=O)N(c2ccc(OC)cc2)C1=O. The molecule has 1 aliphatic rings. The third kappa shape index (κ3) is 5.57. The molecular formula is C25H30N2O4S. The summed E-state index contributed by atoms with van der Waals surface area (Å²) in [7, 11) is 1.56. The Bertz CT molecular complexity index is 988. The number of hydrogen-bond donors (Lipinski definition) is 0. The number of pyridine rings is 1. The maximum atomic E-state index is 13.1. The molecule has 170 valence electrons. The number of benzene rings is 1. The highest BCUT2D eigenvalue weighted by atomic mass is 32.2. The van der Waals surface area contributed by atoms with E-state index in [1.165, 1.54) is 16.7 Å². The van der Waals surface area contributed by atoms with E-state index in [0.717, 1.165) is 25.0 Å². The Morgan fingerprint density at radius 1 is 1.19 bits per heavy atom. The van der Waals surface area contributed by atoms with E-state index in [9.17, 15) is 14.4 Å². The molecule has 1 atom stereocenters. The van der Waals surface area contributed by atoms with Crippen molar-refractivity contribution in [2.24, 2.45) is 5.92 Å². The van der Waals surface area contributed by atoms with Crippen LogP contribution in [-0.4, -0.2) is 34.9 Å². The van der Waals surface area contributed by atoms with Crippen LogP contribution >= 0.6 is 11.8 Å². The number of hydrogen-bond acceptors (Lipinski definition) is 6. The number of unbranched alkanes of at least 4 members (excludes halogenated alkanes) is 1. The lowest BCUT2D eigenvalue weighted by Crippen LogP contribution is -2.31. The summed E-state index contributed by atoms with van der Waals surface area (Å²) in [4.78, 5) is 44.6. The van der Waals surface area contributed by atoms with Gasteiger partial charge in [0.25, 0.3) is 0 Å². The highest BCUT2D eigenvalue weighted by Crippen LogP contribution is 2.35. The van der Waals surface area contributed by atoms with Crippen molar-refractivity contribution in [2.45, 2.75) is 63.2 Å². The Kier molecular flexibility index (Phi) is 8.07. The van der Waals surface area contributed by atoms with Gasteiger partial charge in [-0.25, -0.2) is 9.88 Å². The minimum Gasteiger partial charge on any atom is -0.497 e. The van der Waals surface area contributed by atoms with Crippen LogP contribution in [0.4, 0.5) is 5.69 Å². The second kappa shape index (κ2) is 10.8. The second-order valence-corrected chi connectivity index (χ2v) is 9.55. The van der Waals surface area contributed by atoms with E-state index in [1.807, 2.05) is 19.1 Å². The molecule has 0 N–H and O–H groups in total. The van der Waals surface area contributed by atoms with Gasteiger partial charge < -0.3 is 4.74 Å². The van der Waals surface area contributed by atoms with E-state index in [-0.39, 0.29) is 24.0 Å². The third-order valence-corrected chi connectivity index (χ3v) is 6.47. The van der Waals surface area contributed by atoms with E-state index < -0.39 is 5.25 Å². The van der Waals surface area contributed by atoms with Crippen molar-refractivity contribution in [3.05, 3.63) is 47.7 Å². The summed E-state index contributed by atoms with van der Waals surface area (Å²) < 4.78 is 5.15. The minimum atomic E-state index is -0.607. The Morgan fingerprint density at radius 3 is 2.53 bits per heavy atom. The first-order valence-corrected chi connectivity index (χ1v) is 11.9. The maximum absolute atomic E-state index is 13.1. The van der Waals surface area contributed by atoms with Crippen molar-refractivity contribution in [2.75, 3.05) is 12.0 Å². The molecule has 0 saturated carbocycles. The second-order valence-electron chi connectivity index (χ2n) is 8.36. The normalized spacial score (nSPS) is 16.2. The van der Waals surface area contributed by atoms with Gasteiger partial charge >= 0.3 is 0 Å². The van der Waals surface area contributed by atoms with E-state index in [4.69, 9.17) is 9.72 Å². The van der Waals surface area contributed by atoms with Crippen molar-refractivity contribution < 1.29 is 19.1 Å². The van der Waals surface area contributed by atoms with Crippen LogP contribution in [0.5, 0.6) is 5.75 Å². The number of rotatable bonds is 10. The Hall–Kier alpha value is -2.67. The predicted octanol–water partition coefficient (Wildman–Crippen LogP) is 5.09. The summed E-state index contributed by atoms with van der Waals surface area (Å²) in [5, 5.41) is -0.0592. The summed E-state index contributed by atoms with van der Waals surface area (Å²) in [6, 6.07) is 10.6. The summed E-state index contributed by atoms with van der Waals surface area (Å²) in [6.45, 7) is 6.27. The van der Waals surface area contributed by atoms with Crippen molar-refractivity contribution in [1.82, 2.24) is 4.98 Å². The van der Waals surface area contributed by atoms with Crippen LogP contribution in [-0.2, 0) is 16.0 Å². The minimum absolute atomic E-state index is 0.0294. The Labute approximate surface area is 193 Å². The van der Waals surface area contributed by atoms with Gasteiger partial charge in [0.2, 0.25) is 11.8 Å². The molecule has 1 saturated heterocycles. The number of anilines is 1. The number of nitrogens with zero attached hydrogens (tertiary/aromatic N) is 2. The van der Waals surface area contributed by atoms with Gasteiger partial charge in [-0.1, -0.05) is 39.0 Å². The van der Waals surface area contributed by atoms with E-state index >= 15 is 0 Å². The smallest absolute Gasteiger partial charge is 0.247 e. The van der Waals surface area contributed by atoms with E-state index in [2.05, 4.69) is 13.8 Å². The van der Waals surface area contributed by atoms with Crippen molar-refractivity contribution in [3.63, 3.8) is 0 Å². The fourth-order valence-corrected chi connectivity index (χ4v) is 4.80. The number of imide groups is 1. The van der Waals surface area contributed by atoms with Crippen LogP contribution in [0.1, 0.15) is 62.5 Å². The number of aromatic nitrogens is 1. The molecule has 1 aliphatic heterocycles. The molecular weight excluding hydrogens is 424 g/mol. The van der Waals surface area contributed by atoms with Gasteiger partial charge in [-0.3, -0.25) is 14.4 Å². The molecule has 2 heterocycles.